The monoisotopic (exact) mass is 403 g/mol. The Morgan fingerprint density at radius 3 is 2.47 bits per heavy atom. The van der Waals surface area contributed by atoms with E-state index in [1.54, 1.807) is 48.7 Å². The molecule has 30 heavy (non-hydrogen) atoms. The van der Waals surface area contributed by atoms with E-state index >= 15 is 0 Å². The molecule has 0 aliphatic rings. The minimum absolute atomic E-state index is 0.0118. The smallest absolute Gasteiger partial charge is 0.255 e. The average molecular weight is 403 g/mol. The second-order valence-electron chi connectivity index (χ2n) is 7.17. The van der Waals surface area contributed by atoms with Crippen molar-refractivity contribution < 1.29 is 14.3 Å². The van der Waals surface area contributed by atoms with Gasteiger partial charge < -0.3 is 15.4 Å². The van der Waals surface area contributed by atoms with Crippen molar-refractivity contribution in [3.8, 4) is 5.88 Å². The zero-order valence-electron chi connectivity index (χ0n) is 17.3. The summed E-state index contributed by atoms with van der Waals surface area (Å²) in [6, 6.07) is 17.8. The van der Waals surface area contributed by atoms with E-state index < -0.39 is 0 Å². The fourth-order valence-electron chi connectivity index (χ4n) is 2.85. The van der Waals surface area contributed by atoms with Crippen LogP contribution in [0.5, 0.6) is 5.88 Å². The van der Waals surface area contributed by atoms with Crippen LogP contribution in [0.25, 0.3) is 0 Å². The minimum atomic E-state index is -0.246. The van der Waals surface area contributed by atoms with E-state index in [2.05, 4.69) is 15.6 Å². The van der Waals surface area contributed by atoms with Crippen molar-refractivity contribution in [3.63, 3.8) is 0 Å². The van der Waals surface area contributed by atoms with Crippen LogP contribution in [0.15, 0.2) is 66.9 Å². The third kappa shape index (κ3) is 5.44. The molecule has 0 unspecified atom stereocenters. The molecule has 154 valence electrons. The van der Waals surface area contributed by atoms with Gasteiger partial charge in [-0.25, -0.2) is 4.98 Å². The van der Waals surface area contributed by atoms with E-state index in [9.17, 15) is 9.59 Å². The fourth-order valence-corrected chi connectivity index (χ4v) is 2.85. The van der Waals surface area contributed by atoms with Gasteiger partial charge in [-0.3, -0.25) is 9.59 Å². The number of aromatic nitrogens is 1. The first-order chi connectivity index (χ1) is 14.4. The van der Waals surface area contributed by atoms with Gasteiger partial charge in [-0.2, -0.15) is 0 Å². The van der Waals surface area contributed by atoms with Gasteiger partial charge in [0.1, 0.15) is 0 Å². The van der Waals surface area contributed by atoms with Gasteiger partial charge in [0, 0.05) is 35.1 Å². The van der Waals surface area contributed by atoms with Gasteiger partial charge in [0.2, 0.25) is 5.88 Å². The van der Waals surface area contributed by atoms with E-state index in [1.807, 2.05) is 39.0 Å². The Hall–Kier alpha value is -3.67. The average Bonchev–Trinajstić information content (AvgIpc) is 2.74. The lowest BCUT2D eigenvalue weighted by Gasteiger charge is -2.14. The topological polar surface area (TPSA) is 80.3 Å². The number of aryl methyl sites for hydroxylation is 1. The van der Waals surface area contributed by atoms with Crippen LogP contribution in [-0.2, 0) is 6.54 Å². The Morgan fingerprint density at radius 1 is 0.967 bits per heavy atom. The van der Waals surface area contributed by atoms with E-state index in [-0.39, 0.29) is 24.5 Å². The molecule has 3 aromatic rings. The van der Waals surface area contributed by atoms with Crippen molar-refractivity contribution in [3.05, 3.63) is 89.1 Å². The SMILES string of the molecule is Cc1ccc(C(=O)NCc2cccnc2OC(C)C)cc1NC(=O)c1ccccc1. The van der Waals surface area contributed by atoms with Crippen molar-refractivity contribution in [1.82, 2.24) is 10.3 Å². The van der Waals surface area contributed by atoms with Crippen molar-refractivity contribution in [2.24, 2.45) is 0 Å². The number of benzene rings is 2. The molecule has 1 aromatic heterocycles. The summed E-state index contributed by atoms with van der Waals surface area (Å²) in [5.74, 6) is 0.0409. The zero-order valence-corrected chi connectivity index (χ0v) is 17.3. The van der Waals surface area contributed by atoms with Crippen molar-refractivity contribution in [1.29, 1.82) is 0 Å². The molecule has 0 saturated carbocycles. The van der Waals surface area contributed by atoms with Gasteiger partial charge in [-0.15, -0.1) is 0 Å². The van der Waals surface area contributed by atoms with Gasteiger partial charge in [0.15, 0.2) is 0 Å². The molecule has 0 saturated heterocycles. The van der Waals surface area contributed by atoms with Gasteiger partial charge in [-0.1, -0.05) is 30.3 Å². The Morgan fingerprint density at radius 2 is 1.73 bits per heavy atom. The summed E-state index contributed by atoms with van der Waals surface area (Å²) in [6.45, 7) is 6.02. The Balaban J connectivity index is 1.70. The van der Waals surface area contributed by atoms with Crippen LogP contribution >= 0.6 is 0 Å². The molecule has 0 aliphatic heterocycles. The second-order valence-corrected chi connectivity index (χ2v) is 7.17. The lowest BCUT2D eigenvalue weighted by molar-refractivity contribution is 0.0949. The van der Waals surface area contributed by atoms with Crippen LogP contribution in [0.2, 0.25) is 0 Å². The summed E-state index contributed by atoms with van der Waals surface area (Å²) in [6.07, 6.45) is 1.65. The molecule has 0 atom stereocenters. The number of ether oxygens (including phenoxy) is 1. The summed E-state index contributed by atoms with van der Waals surface area (Å²) in [7, 11) is 0. The molecular weight excluding hydrogens is 378 g/mol. The first kappa shape index (κ1) is 21.0. The van der Waals surface area contributed by atoms with Gasteiger partial charge in [0.05, 0.1) is 6.10 Å². The third-order valence-electron chi connectivity index (χ3n) is 4.42. The molecule has 0 aliphatic carbocycles. The number of hydrogen-bond donors (Lipinski definition) is 2. The van der Waals surface area contributed by atoms with E-state index in [0.29, 0.717) is 22.7 Å². The van der Waals surface area contributed by atoms with Crippen molar-refractivity contribution >= 4 is 17.5 Å². The highest BCUT2D eigenvalue weighted by Crippen LogP contribution is 2.19. The minimum Gasteiger partial charge on any atom is -0.475 e. The number of nitrogens with zero attached hydrogens (tertiary/aromatic N) is 1. The van der Waals surface area contributed by atoms with Crippen molar-refractivity contribution in [2.75, 3.05) is 5.32 Å². The maximum Gasteiger partial charge on any atom is 0.255 e. The zero-order chi connectivity index (χ0) is 21.5. The largest absolute Gasteiger partial charge is 0.475 e. The fraction of sp³-hybridized carbons (Fsp3) is 0.208. The van der Waals surface area contributed by atoms with E-state index in [4.69, 9.17) is 4.74 Å². The molecule has 3 rings (SSSR count). The molecule has 2 N–H and O–H groups in total. The standard InChI is InChI=1S/C24H25N3O3/c1-16(2)30-24-20(10-7-13-25-24)15-26-22(28)19-12-11-17(3)21(14-19)27-23(29)18-8-5-4-6-9-18/h4-14,16H,15H2,1-3H3,(H,26,28)(H,27,29). The maximum atomic E-state index is 12.7. The summed E-state index contributed by atoms with van der Waals surface area (Å²) in [5, 5.41) is 5.77. The number of pyridine rings is 1. The highest BCUT2D eigenvalue weighted by molar-refractivity contribution is 6.05. The number of anilines is 1. The molecule has 1 heterocycles. The number of nitrogens with one attached hydrogen (secondary N) is 2. The molecule has 0 fully saturated rings. The lowest BCUT2D eigenvalue weighted by Crippen LogP contribution is -2.24. The number of rotatable bonds is 7. The van der Waals surface area contributed by atoms with Crippen LogP contribution in [0.1, 0.15) is 45.7 Å². The summed E-state index contributed by atoms with van der Waals surface area (Å²) >= 11 is 0. The lowest BCUT2D eigenvalue weighted by atomic mass is 10.1. The van der Waals surface area contributed by atoms with Gasteiger partial charge >= 0.3 is 0 Å². The number of amides is 2. The van der Waals surface area contributed by atoms with Gasteiger partial charge in [-0.05, 0) is 56.7 Å². The highest BCUT2D eigenvalue weighted by atomic mass is 16.5. The number of carbonyl (C=O) groups is 2. The molecule has 6 heteroatoms. The Kier molecular flexibility index (Phi) is 6.80. The summed E-state index contributed by atoms with van der Waals surface area (Å²) in [4.78, 5) is 29.4. The van der Waals surface area contributed by atoms with Crippen LogP contribution in [-0.4, -0.2) is 22.9 Å². The predicted octanol–water partition coefficient (Wildman–Crippen LogP) is 4.36. The third-order valence-corrected chi connectivity index (χ3v) is 4.42. The van der Waals surface area contributed by atoms with E-state index in [0.717, 1.165) is 11.1 Å². The van der Waals surface area contributed by atoms with Crippen LogP contribution in [0.4, 0.5) is 5.69 Å². The van der Waals surface area contributed by atoms with Crippen molar-refractivity contribution in [2.45, 2.75) is 33.4 Å². The highest BCUT2D eigenvalue weighted by Gasteiger charge is 2.13. The summed E-state index contributed by atoms with van der Waals surface area (Å²) < 4.78 is 5.69. The Labute approximate surface area is 176 Å². The predicted molar refractivity (Wildman–Crippen MR) is 117 cm³/mol. The molecular formula is C24H25N3O3. The normalized spacial score (nSPS) is 10.5. The van der Waals surface area contributed by atoms with Gasteiger partial charge in [0.25, 0.3) is 11.8 Å². The Bertz CT molecular complexity index is 1030. The van der Waals surface area contributed by atoms with E-state index in [1.165, 1.54) is 0 Å². The van der Waals surface area contributed by atoms with Crippen LogP contribution in [0, 0.1) is 6.92 Å². The molecule has 2 aromatic carbocycles. The number of carbonyl (C=O) groups excluding carboxylic acids is 2. The molecule has 0 spiro atoms. The summed E-state index contributed by atoms with van der Waals surface area (Å²) in [5.41, 5.74) is 3.28. The maximum absolute atomic E-state index is 12.7. The quantitative estimate of drug-likeness (QED) is 0.614. The first-order valence-corrected chi connectivity index (χ1v) is 9.80. The van der Waals surface area contributed by atoms with Crippen LogP contribution in [0.3, 0.4) is 0 Å². The number of hydrogen-bond acceptors (Lipinski definition) is 4. The molecule has 2 amide bonds. The molecule has 6 nitrogen and oxygen atoms in total. The second kappa shape index (κ2) is 9.69. The van der Waals surface area contributed by atoms with Crippen LogP contribution < -0.4 is 15.4 Å². The molecule has 0 bridgehead atoms. The first-order valence-electron chi connectivity index (χ1n) is 9.80. The molecule has 0 radical (unpaired) electrons.